The van der Waals surface area contributed by atoms with E-state index in [4.69, 9.17) is 26.1 Å². The van der Waals surface area contributed by atoms with Crippen LogP contribution in [0.15, 0.2) is 59.4 Å². The Morgan fingerprint density at radius 1 is 1.06 bits per heavy atom. The van der Waals surface area contributed by atoms with E-state index in [9.17, 15) is 0 Å². The van der Waals surface area contributed by atoms with Crippen LogP contribution in [0.2, 0.25) is 5.02 Å². The van der Waals surface area contributed by atoms with E-state index in [-0.39, 0.29) is 12.1 Å². The van der Waals surface area contributed by atoms with Gasteiger partial charge in [0, 0.05) is 18.1 Å². The van der Waals surface area contributed by atoms with Crippen molar-refractivity contribution in [3.05, 3.63) is 65.0 Å². The summed E-state index contributed by atoms with van der Waals surface area (Å²) in [6, 6.07) is 8.48. The van der Waals surface area contributed by atoms with E-state index in [1.54, 1.807) is 0 Å². The van der Waals surface area contributed by atoms with Crippen molar-refractivity contribution in [2.75, 3.05) is 39.5 Å². The molecule has 32 heavy (non-hydrogen) atoms. The first-order chi connectivity index (χ1) is 15.4. The Labute approximate surface area is 198 Å². The number of rotatable bonds is 6. The van der Waals surface area contributed by atoms with Gasteiger partial charge in [-0.3, -0.25) is 0 Å². The highest BCUT2D eigenvalue weighted by molar-refractivity contribution is 6.30. The van der Waals surface area contributed by atoms with Crippen molar-refractivity contribution in [2.45, 2.75) is 46.2 Å². The first-order valence-corrected chi connectivity index (χ1v) is 11.9. The molecule has 1 aromatic carbocycles. The van der Waals surface area contributed by atoms with E-state index in [2.05, 4.69) is 56.2 Å². The summed E-state index contributed by atoms with van der Waals surface area (Å²) in [5.74, 6) is 1.79. The van der Waals surface area contributed by atoms with Gasteiger partial charge in [-0.1, -0.05) is 49.4 Å². The lowest BCUT2D eigenvalue weighted by molar-refractivity contribution is 0.0160. The minimum absolute atomic E-state index is 0.258. The molecule has 2 atom stereocenters. The van der Waals surface area contributed by atoms with Gasteiger partial charge >= 0.3 is 0 Å². The molecule has 0 bridgehead atoms. The first kappa shape index (κ1) is 24.6. The third-order valence-corrected chi connectivity index (χ3v) is 6.33. The van der Waals surface area contributed by atoms with Crippen LogP contribution >= 0.6 is 11.6 Å². The monoisotopic (exact) mass is 457 g/mol. The number of nitrogens with zero attached hydrogens (tertiary/aromatic N) is 3. The molecule has 2 heterocycles. The summed E-state index contributed by atoms with van der Waals surface area (Å²) in [6.45, 7) is 17.4. The Kier molecular flexibility index (Phi) is 8.97. The number of amidine groups is 1. The van der Waals surface area contributed by atoms with Gasteiger partial charge in [-0.25, -0.2) is 4.99 Å². The summed E-state index contributed by atoms with van der Waals surface area (Å²) in [5.41, 5.74) is 3.53. The molecule has 2 saturated heterocycles. The number of halogens is 1. The van der Waals surface area contributed by atoms with Crippen molar-refractivity contribution < 1.29 is 9.47 Å². The van der Waals surface area contributed by atoms with Crippen LogP contribution in [0.1, 0.15) is 39.7 Å². The minimum Gasteiger partial charge on any atom is -0.377 e. The largest absolute Gasteiger partial charge is 0.377 e. The molecule has 0 aromatic heterocycles. The van der Waals surface area contributed by atoms with Gasteiger partial charge < -0.3 is 19.3 Å². The van der Waals surface area contributed by atoms with Crippen molar-refractivity contribution in [1.29, 1.82) is 0 Å². The smallest absolute Gasteiger partial charge is 0.134 e. The SMILES string of the molecule is C=C(\N=C(/C(=C/C=C(\C)c1ccc(Cl)cc1)CC)N1CCOC[C@@H]1C)N1CCOCC1C. The molecule has 1 aromatic rings. The van der Waals surface area contributed by atoms with E-state index >= 15 is 0 Å². The molecule has 5 nitrogen and oxygen atoms in total. The van der Waals surface area contributed by atoms with Crippen LogP contribution < -0.4 is 0 Å². The third-order valence-electron chi connectivity index (χ3n) is 6.08. The van der Waals surface area contributed by atoms with Crippen molar-refractivity contribution in [1.82, 2.24) is 9.80 Å². The molecule has 0 N–H and O–H groups in total. The molecule has 2 fully saturated rings. The van der Waals surface area contributed by atoms with Crippen LogP contribution in [-0.2, 0) is 9.47 Å². The second kappa shape index (κ2) is 11.7. The number of hydrogen-bond acceptors (Lipinski definition) is 4. The molecular weight excluding hydrogens is 422 g/mol. The molecular formula is C26H36ClN3O2. The normalized spacial score (nSPS) is 23.5. The highest BCUT2D eigenvalue weighted by Crippen LogP contribution is 2.22. The number of benzene rings is 1. The number of aliphatic imine (C=N–C) groups is 1. The van der Waals surface area contributed by atoms with Gasteiger partial charge in [0.2, 0.25) is 0 Å². The second-order valence-corrected chi connectivity index (χ2v) is 8.92. The molecule has 0 spiro atoms. The molecule has 3 rings (SSSR count). The summed E-state index contributed by atoms with van der Waals surface area (Å²) in [6.07, 6.45) is 5.24. The molecule has 2 aliphatic rings. The van der Waals surface area contributed by atoms with Crippen molar-refractivity contribution >= 4 is 23.0 Å². The Hall–Kier alpha value is -2.08. The zero-order valence-electron chi connectivity index (χ0n) is 19.8. The van der Waals surface area contributed by atoms with Crippen LogP contribution in [0.3, 0.4) is 0 Å². The van der Waals surface area contributed by atoms with Gasteiger partial charge in [0.15, 0.2) is 0 Å². The van der Waals surface area contributed by atoms with E-state index in [0.29, 0.717) is 26.4 Å². The highest BCUT2D eigenvalue weighted by Gasteiger charge is 2.26. The minimum atomic E-state index is 0.258. The van der Waals surface area contributed by atoms with E-state index in [1.165, 1.54) is 11.1 Å². The fraction of sp³-hybridized carbons (Fsp3) is 0.500. The lowest BCUT2D eigenvalue weighted by Gasteiger charge is -2.38. The molecule has 0 amide bonds. The van der Waals surface area contributed by atoms with Crippen LogP contribution in [0, 0.1) is 0 Å². The highest BCUT2D eigenvalue weighted by atomic mass is 35.5. The number of hydrogen-bond donors (Lipinski definition) is 0. The molecule has 0 saturated carbocycles. The fourth-order valence-corrected chi connectivity index (χ4v) is 4.17. The maximum Gasteiger partial charge on any atom is 0.134 e. The maximum absolute atomic E-state index is 6.05. The molecule has 2 aliphatic heterocycles. The number of morpholine rings is 2. The average Bonchev–Trinajstić information content (AvgIpc) is 2.79. The molecule has 0 radical (unpaired) electrons. The summed E-state index contributed by atoms with van der Waals surface area (Å²) in [5, 5.41) is 0.748. The zero-order valence-corrected chi connectivity index (χ0v) is 20.6. The quantitative estimate of drug-likeness (QED) is 0.326. The second-order valence-electron chi connectivity index (χ2n) is 8.49. The van der Waals surface area contributed by atoms with Crippen LogP contribution in [0.25, 0.3) is 5.57 Å². The summed E-state index contributed by atoms with van der Waals surface area (Å²) >= 11 is 6.05. The lowest BCUT2D eigenvalue weighted by Crippen LogP contribution is -2.48. The van der Waals surface area contributed by atoms with Gasteiger partial charge in [-0.05, 0) is 56.0 Å². The van der Waals surface area contributed by atoms with Crippen molar-refractivity contribution in [3.8, 4) is 0 Å². The van der Waals surface area contributed by atoms with Crippen LogP contribution in [0.5, 0.6) is 0 Å². The van der Waals surface area contributed by atoms with Gasteiger partial charge in [0.05, 0.1) is 38.5 Å². The van der Waals surface area contributed by atoms with Crippen LogP contribution in [-0.4, -0.2) is 67.2 Å². The first-order valence-electron chi connectivity index (χ1n) is 11.5. The predicted molar refractivity (Wildman–Crippen MR) is 134 cm³/mol. The molecule has 174 valence electrons. The van der Waals surface area contributed by atoms with Gasteiger partial charge in [0.25, 0.3) is 0 Å². The fourth-order valence-electron chi connectivity index (χ4n) is 4.04. The van der Waals surface area contributed by atoms with E-state index in [0.717, 1.165) is 41.8 Å². The molecule has 1 unspecified atom stereocenters. The van der Waals surface area contributed by atoms with Gasteiger partial charge in [-0.2, -0.15) is 0 Å². The standard InChI is InChI=1S/C26H36ClN3O2/c1-6-23(8-7-19(2)24-9-11-25(27)12-10-24)26(30-14-16-32-18-21(30)4)28-22(5)29-13-15-31-17-20(29)3/h7-12,20-21H,5-6,13-18H2,1-4H3/b19-7+,23-8+,28-26+/t20?,21-/m0/s1. The average molecular weight is 458 g/mol. The van der Waals surface area contributed by atoms with E-state index < -0.39 is 0 Å². The van der Waals surface area contributed by atoms with Crippen LogP contribution in [0.4, 0.5) is 0 Å². The zero-order chi connectivity index (χ0) is 23.1. The van der Waals surface area contributed by atoms with E-state index in [1.807, 2.05) is 24.3 Å². The Bertz CT molecular complexity index is 876. The Morgan fingerprint density at radius 3 is 2.22 bits per heavy atom. The maximum atomic E-state index is 6.05. The van der Waals surface area contributed by atoms with Crippen molar-refractivity contribution in [3.63, 3.8) is 0 Å². The molecule has 0 aliphatic carbocycles. The number of allylic oxidation sites excluding steroid dienone is 3. The summed E-state index contributed by atoms with van der Waals surface area (Å²) in [4.78, 5) is 9.71. The van der Waals surface area contributed by atoms with Crippen molar-refractivity contribution in [2.24, 2.45) is 4.99 Å². The molecule has 6 heteroatoms. The Morgan fingerprint density at radius 2 is 1.66 bits per heavy atom. The Balaban J connectivity index is 1.94. The third kappa shape index (κ3) is 6.25. The number of ether oxygens (including phenoxy) is 2. The summed E-state index contributed by atoms with van der Waals surface area (Å²) in [7, 11) is 0. The summed E-state index contributed by atoms with van der Waals surface area (Å²) < 4.78 is 11.3. The topological polar surface area (TPSA) is 37.3 Å². The van der Waals surface area contributed by atoms with Gasteiger partial charge in [-0.15, -0.1) is 0 Å². The van der Waals surface area contributed by atoms with Gasteiger partial charge in [0.1, 0.15) is 11.7 Å². The predicted octanol–water partition coefficient (Wildman–Crippen LogP) is 5.39. The lowest BCUT2D eigenvalue weighted by atomic mass is 10.0.